The molecule has 3 aromatic rings. The van der Waals surface area contributed by atoms with Crippen molar-refractivity contribution < 1.29 is 4.79 Å². The Morgan fingerprint density at radius 2 is 1.84 bits per heavy atom. The summed E-state index contributed by atoms with van der Waals surface area (Å²) in [5.74, 6) is -0.142. The molecule has 0 saturated carbocycles. The zero-order chi connectivity index (χ0) is 13.1. The van der Waals surface area contributed by atoms with Gasteiger partial charge in [0.25, 0.3) is 5.91 Å². The van der Waals surface area contributed by atoms with E-state index in [9.17, 15) is 4.79 Å². The number of hydrogen-bond donors (Lipinski definition) is 1. The first-order valence-electron chi connectivity index (χ1n) is 5.89. The van der Waals surface area contributed by atoms with Gasteiger partial charge < -0.3 is 5.32 Å². The third kappa shape index (κ3) is 2.42. The molecule has 0 fully saturated rings. The molecule has 4 heteroatoms. The SMILES string of the molecule is O=C(Nc1ccncc1)c1ccc2ncccc2c1. The Bertz CT molecular complexity index is 726. The Labute approximate surface area is 110 Å². The van der Waals surface area contributed by atoms with Gasteiger partial charge in [-0.1, -0.05) is 6.07 Å². The topological polar surface area (TPSA) is 54.9 Å². The van der Waals surface area contributed by atoms with Gasteiger partial charge in [-0.05, 0) is 36.4 Å². The largest absolute Gasteiger partial charge is 0.322 e. The molecule has 1 aromatic carbocycles. The van der Waals surface area contributed by atoms with Gasteiger partial charge in [0.1, 0.15) is 0 Å². The highest BCUT2D eigenvalue weighted by Gasteiger charge is 2.06. The van der Waals surface area contributed by atoms with Gasteiger partial charge in [-0.25, -0.2) is 0 Å². The van der Waals surface area contributed by atoms with Gasteiger partial charge in [-0.3, -0.25) is 14.8 Å². The number of anilines is 1. The van der Waals surface area contributed by atoms with Gasteiger partial charge in [0.2, 0.25) is 0 Å². The molecular weight excluding hydrogens is 238 g/mol. The van der Waals surface area contributed by atoms with Crippen molar-refractivity contribution in [1.82, 2.24) is 9.97 Å². The molecule has 1 N–H and O–H groups in total. The second kappa shape index (κ2) is 4.86. The number of aromatic nitrogens is 2. The zero-order valence-electron chi connectivity index (χ0n) is 10.1. The highest BCUT2D eigenvalue weighted by atomic mass is 16.1. The van der Waals surface area contributed by atoms with Gasteiger partial charge >= 0.3 is 0 Å². The maximum atomic E-state index is 12.1. The van der Waals surface area contributed by atoms with E-state index < -0.39 is 0 Å². The lowest BCUT2D eigenvalue weighted by atomic mass is 10.1. The predicted octanol–water partition coefficient (Wildman–Crippen LogP) is 2.88. The van der Waals surface area contributed by atoms with Crippen molar-refractivity contribution in [2.75, 3.05) is 5.32 Å². The Hall–Kier alpha value is -2.75. The number of hydrogen-bond acceptors (Lipinski definition) is 3. The third-order valence-electron chi connectivity index (χ3n) is 2.80. The third-order valence-corrected chi connectivity index (χ3v) is 2.80. The molecule has 0 bridgehead atoms. The van der Waals surface area contributed by atoms with Crippen LogP contribution >= 0.6 is 0 Å². The van der Waals surface area contributed by atoms with Crippen LogP contribution < -0.4 is 5.32 Å². The molecule has 0 aliphatic heterocycles. The minimum absolute atomic E-state index is 0.142. The highest BCUT2D eigenvalue weighted by Crippen LogP contribution is 2.14. The minimum atomic E-state index is -0.142. The lowest BCUT2D eigenvalue weighted by Gasteiger charge is -2.05. The van der Waals surface area contributed by atoms with E-state index >= 15 is 0 Å². The Kier molecular flexibility index (Phi) is 2.90. The first-order valence-corrected chi connectivity index (χ1v) is 5.89. The van der Waals surface area contributed by atoms with Crippen molar-refractivity contribution in [3.05, 3.63) is 66.6 Å². The summed E-state index contributed by atoms with van der Waals surface area (Å²) < 4.78 is 0. The molecule has 0 spiro atoms. The van der Waals surface area contributed by atoms with Crippen LogP contribution in [0.1, 0.15) is 10.4 Å². The quantitative estimate of drug-likeness (QED) is 0.759. The molecule has 3 rings (SSSR count). The number of rotatable bonds is 2. The monoisotopic (exact) mass is 249 g/mol. The van der Waals surface area contributed by atoms with Crippen LogP contribution in [0.4, 0.5) is 5.69 Å². The lowest BCUT2D eigenvalue weighted by molar-refractivity contribution is 0.102. The summed E-state index contributed by atoms with van der Waals surface area (Å²) in [4.78, 5) is 20.2. The maximum Gasteiger partial charge on any atom is 0.255 e. The smallest absolute Gasteiger partial charge is 0.255 e. The van der Waals surface area contributed by atoms with Crippen LogP contribution in [0.2, 0.25) is 0 Å². The first kappa shape index (κ1) is 11.3. The summed E-state index contributed by atoms with van der Waals surface area (Å²) in [7, 11) is 0. The summed E-state index contributed by atoms with van der Waals surface area (Å²) in [6.45, 7) is 0. The maximum absolute atomic E-state index is 12.1. The summed E-state index contributed by atoms with van der Waals surface area (Å²) in [5, 5.41) is 3.77. The fraction of sp³-hybridized carbons (Fsp3) is 0. The molecule has 1 amide bonds. The molecule has 2 heterocycles. The molecule has 92 valence electrons. The van der Waals surface area contributed by atoms with Crippen molar-refractivity contribution in [1.29, 1.82) is 0 Å². The van der Waals surface area contributed by atoms with Crippen LogP contribution in [0.25, 0.3) is 10.9 Å². The molecule has 0 atom stereocenters. The number of nitrogens with zero attached hydrogens (tertiary/aromatic N) is 2. The van der Waals surface area contributed by atoms with Crippen molar-refractivity contribution in [2.24, 2.45) is 0 Å². The summed E-state index contributed by atoms with van der Waals surface area (Å²) in [5.41, 5.74) is 2.21. The van der Waals surface area contributed by atoms with E-state index in [1.807, 2.05) is 24.3 Å². The molecule has 4 nitrogen and oxygen atoms in total. The molecule has 0 radical (unpaired) electrons. The molecule has 0 aliphatic carbocycles. The van der Waals surface area contributed by atoms with Crippen molar-refractivity contribution in [3.63, 3.8) is 0 Å². The molecule has 2 aromatic heterocycles. The zero-order valence-corrected chi connectivity index (χ0v) is 10.1. The van der Waals surface area contributed by atoms with E-state index in [4.69, 9.17) is 0 Å². The van der Waals surface area contributed by atoms with Crippen LogP contribution in [-0.2, 0) is 0 Å². The summed E-state index contributed by atoms with van der Waals surface area (Å²) >= 11 is 0. The van der Waals surface area contributed by atoms with E-state index in [0.717, 1.165) is 16.6 Å². The van der Waals surface area contributed by atoms with Gasteiger partial charge in [0, 0.05) is 35.2 Å². The Balaban J connectivity index is 1.89. The fourth-order valence-electron chi connectivity index (χ4n) is 1.86. The molecule has 0 aliphatic rings. The average molecular weight is 249 g/mol. The number of amides is 1. The minimum Gasteiger partial charge on any atom is -0.322 e. The van der Waals surface area contributed by atoms with E-state index in [0.29, 0.717) is 5.56 Å². The number of pyridine rings is 2. The number of benzene rings is 1. The molecule has 0 unspecified atom stereocenters. The molecule has 0 saturated heterocycles. The normalized spacial score (nSPS) is 10.3. The van der Waals surface area contributed by atoms with Crippen molar-refractivity contribution in [3.8, 4) is 0 Å². The molecular formula is C15H11N3O. The first-order chi connectivity index (χ1) is 9.33. The van der Waals surface area contributed by atoms with Crippen molar-refractivity contribution >= 4 is 22.5 Å². The van der Waals surface area contributed by atoms with E-state index in [-0.39, 0.29) is 5.91 Å². The average Bonchev–Trinajstić information content (AvgIpc) is 2.48. The Morgan fingerprint density at radius 3 is 2.68 bits per heavy atom. The molecule has 19 heavy (non-hydrogen) atoms. The standard InChI is InChI=1S/C15H11N3O/c19-15(18-13-5-8-16-9-6-13)12-3-4-14-11(10-12)2-1-7-17-14/h1-10H,(H,16,18,19). The van der Waals surface area contributed by atoms with Crippen LogP contribution in [0.3, 0.4) is 0 Å². The van der Waals surface area contributed by atoms with Gasteiger partial charge in [0.05, 0.1) is 5.52 Å². The number of fused-ring (bicyclic) bond motifs is 1. The fourth-order valence-corrected chi connectivity index (χ4v) is 1.86. The van der Waals surface area contributed by atoms with Gasteiger partial charge in [0.15, 0.2) is 0 Å². The van der Waals surface area contributed by atoms with Crippen LogP contribution in [-0.4, -0.2) is 15.9 Å². The number of carbonyl (C=O) groups excluding carboxylic acids is 1. The summed E-state index contributed by atoms with van der Waals surface area (Å²) in [6, 6.07) is 12.7. The van der Waals surface area contributed by atoms with Crippen molar-refractivity contribution in [2.45, 2.75) is 0 Å². The second-order valence-electron chi connectivity index (χ2n) is 4.10. The van der Waals surface area contributed by atoms with Crippen LogP contribution in [0.5, 0.6) is 0 Å². The predicted molar refractivity (Wildman–Crippen MR) is 73.9 cm³/mol. The lowest BCUT2D eigenvalue weighted by Crippen LogP contribution is -2.11. The highest BCUT2D eigenvalue weighted by molar-refractivity contribution is 6.06. The number of carbonyl (C=O) groups is 1. The number of nitrogens with one attached hydrogen (secondary N) is 1. The Morgan fingerprint density at radius 1 is 1.00 bits per heavy atom. The van der Waals surface area contributed by atoms with E-state index in [1.165, 1.54) is 0 Å². The van der Waals surface area contributed by atoms with E-state index in [2.05, 4.69) is 15.3 Å². The van der Waals surface area contributed by atoms with E-state index in [1.54, 1.807) is 36.8 Å². The summed E-state index contributed by atoms with van der Waals surface area (Å²) in [6.07, 6.45) is 5.01. The van der Waals surface area contributed by atoms with Crippen LogP contribution in [0.15, 0.2) is 61.1 Å². The van der Waals surface area contributed by atoms with Crippen LogP contribution in [0, 0.1) is 0 Å². The van der Waals surface area contributed by atoms with Gasteiger partial charge in [-0.15, -0.1) is 0 Å². The second-order valence-corrected chi connectivity index (χ2v) is 4.10. The van der Waals surface area contributed by atoms with Gasteiger partial charge in [-0.2, -0.15) is 0 Å².